The molecule has 4 aromatic carbocycles. The van der Waals surface area contributed by atoms with Crippen molar-refractivity contribution >= 4 is 21.9 Å². The van der Waals surface area contributed by atoms with E-state index < -0.39 is 18.6 Å². The Kier molecular flexibility index (Phi) is 4.64. The summed E-state index contributed by atoms with van der Waals surface area (Å²) in [7, 11) is 1.93. The molecule has 0 amide bonds. The van der Waals surface area contributed by atoms with Crippen LogP contribution < -0.4 is 4.57 Å². The molecule has 2 heteroatoms. The lowest BCUT2D eigenvalue weighted by atomic mass is 9.86. The number of aromatic nitrogens is 1. The van der Waals surface area contributed by atoms with Crippen molar-refractivity contribution in [3.63, 3.8) is 0 Å². The van der Waals surface area contributed by atoms with E-state index in [0.717, 1.165) is 49.9 Å². The first kappa shape index (κ1) is 19.0. The zero-order chi connectivity index (χ0) is 32.5. The molecule has 0 spiro atoms. The van der Waals surface area contributed by atoms with E-state index in [1.165, 1.54) is 12.1 Å². The molecule has 0 radical (unpaired) electrons. The highest BCUT2D eigenvalue weighted by atomic mass is 16.3. The van der Waals surface area contributed by atoms with E-state index in [2.05, 4.69) is 42.5 Å². The fraction of sp³-hybridized carbons (Fsp3) is 0.216. The molecule has 2 heterocycles. The van der Waals surface area contributed by atoms with Gasteiger partial charge in [0, 0.05) is 29.8 Å². The number of benzene rings is 4. The quantitative estimate of drug-likeness (QED) is 0.213. The molecule has 0 bridgehead atoms. The van der Waals surface area contributed by atoms with E-state index in [9.17, 15) is 0 Å². The van der Waals surface area contributed by atoms with Gasteiger partial charge in [0.1, 0.15) is 18.2 Å². The van der Waals surface area contributed by atoms with E-state index in [4.69, 9.17) is 12.6 Å². The van der Waals surface area contributed by atoms with Gasteiger partial charge < -0.3 is 4.42 Å². The third kappa shape index (κ3) is 4.76. The lowest BCUT2D eigenvalue weighted by Gasteiger charge is -2.19. The predicted octanol–water partition coefficient (Wildman–Crippen LogP) is 9.62. The van der Waals surface area contributed by atoms with Crippen LogP contribution in [0, 0.1) is 19.2 Å². The Labute approximate surface area is 240 Å². The van der Waals surface area contributed by atoms with Gasteiger partial charge in [-0.2, -0.15) is 0 Å². The predicted molar refractivity (Wildman–Crippen MR) is 164 cm³/mol. The van der Waals surface area contributed by atoms with Crippen molar-refractivity contribution in [2.45, 2.75) is 40.9 Å². The lowest BCUT2D eigenvalue weighted by molar-refractivity contribution is -0.660. The number of rotatable bonds is 4. The Morgan fingerprint density at radius 3 is 2.41 bits per heavy atom. The molecular weight excluding hydrogens is 474 g/mol. The normalized spacial score (nSPS) is 14.9. The summed E-state index contributed by atoms with van der Waals surface area (Å²) < 4.78 is 60.2. The molecule has 0 aliphatic heterocycles. The fourth-order valence-electron chi connectivity index (χ4n) is 5.28. The van der Waals surface area contributed by atoms with Crippen molar-refractivity contribution < 1.29 is 17.2 Å². The Morgan fingerprint density at radius 2 is 1.64 bits per heavy atom. The molecule has 0 atom stereocenters. The molecule has 6 aromatic rings. The van der Waals surface area contributed by atoms with Gasteiger partial charge in [-0.15, -0.1) is 0 Å². The number of fused-ring (bicyclic) bond motifs is 3. The van der Waals surface area contributed by atoms with E-state index >= 15 is 0 Å². The second-order valence-corrected chi connectivity index (χ2v) is 11.3. The molecule has 0 N–H and O–H groups in total. The molecule has 2 nitrogen and oxygen atoms in total. The third-order valence-corrected chi connectivity index (χ3v) is 7.11. The van der Waals surface area contributed by atoms with E-state index in [1.54, 1.807) is 20.8 Å². The number of furan rings is 1. The van der Waals surface area contributed by atoms with Crippen LogP contribution in [-0.4, -0.2) is 0 Å². The summed E-state index contributed by atoms with van der Waals surface area (Å²) in [4.78, 5) is 0. The van der Waals surface area contributed by atoms with Gasteiger partial charge in [-0.1, -0.05) is 87.5 Å². The van der Waals surface area contributed by atoms with Crippen LogP contribution in [0.1, 0.15) is 45.7 Å². The van der Waals surface area contributed by atoms with Crippen LogP contribution in [0.25, 0.3) is 55.4 Å². The highest BCUT2D eigenvalue weighted by Gasteiger charge is 2.22. The van der Waals surface area contributed by atoms with Crippen LogP contribution in [0.15, 0.2) is 102 Å². The maximum atomic E-state index is 8.98. The van der Waals surface area contributed by atoms with Crippen LogP contribution in [0.4, 0.5) is 0 Å². The molecule has 2 aromatic heterocycles. The first-order chi connectivity index (χ1) is 21.1. The number of pyridine rings is 1. The van der Waals surface area contributed by atoms with Gasteiger partial charge in [-0.3, -0.25) is 0 Å². The van der Waals surface area contributed by atoms with Gasteiger partial charge in [0.05, 0.1) is 6.93 Å². The van der Waals surface area contributed by atoms with Crippen LogP contribution in [0.5, 0.6) is 0 Å². The molecule has 0 saturated heterocycles. The van der Waals surface area contributed by atoms with Crippen molar-refractivity contribution in [2.24, 2.45) is 12.5 Å². The Morgan fingerprint density at radius 1 is 0.846 bits per heavy atom. The summed E-state index contributed by atoms with van der Waals surface area (Å²) in [5, 5.41) is 1.99. The van der Waals surface area contributed by atoms with Crippen LogP contribution >= 0.6 is 0 Å². The first-order valence-corrected chi connectivity index (χ1v) is 13.3. The molecule has 6 rings (SSSR count). The summed E-state index contributed by atoms with van der Waals surface area (Å²) in [5.41, 5.74) is 6.56. The number of hydrogen-bond donors (Lipinski definition) is 0. The molecule has 194 valence electrons. The summed E-state index contributed by atoms with van der Waals surface area (Å²) in [6, 6.07) is 27.1. The minimum atomic E-state index is -2.56. The van der Waals surface area contributed by atoms with Gasteiger partial charge in [-0.25, -0.2) is 4.57 Å². The lowest BCUT2D eigenvalue weighted by Crippen LogP contribution is -2.30. The molecule has 39 heavy (non-hydrogen) atoms. The van der Waals surface area contributed by atoms with Gasteiger partial charge in [0.15, 0.2) is 6.20 Å². The first-order valence-electron chi connectivity index (χ1n) is 16.3. The number of hydrogen-bond acceptors (Lipinski definition) is 1. The summed E-state index contributed by atoms with van der Waals surface area (Å²) >= 11 is 0. The molecule has 0 aliphatic rings. The zero-order valence-corrected chi connectivity index (χ0v) is 23.0. The van der Waals surface area contributed by atoms with Gasteiger partial charge in [-0.05, 0) is 76.6 Å². The van der Waals surface area contributed by atoms with E-state index in [0.29, 0.717) is 5.56 Å². The van der Waals surface area contributed by atoms with Crippen LogP contribution in [-0.2, 0) is 13.4 Å². The zero-order valence-electron chi connectivity index (χ0n) is 29.0. The Hall–Kier alpha value is -4.17. The summed E-state index contributed by atoms with van der Waals surface area (Å²) in [6.45, 7) is 4.78. The second-order valence-electron chi connectivity index (χ2n) is 11.3. The standard InChI is InChI=1S/C37H36NO/c1-24-12-15-32-31-17-14-28(27-10-8-7-9-11-27)22-34(31)39-36(32)35(24)33-21-29(18-19-38(33)6)30-16-13-26(20-25(30)2)23-37(3,4)5/h7-22H,23H2,1-6H3/q+1/i2D3,16D,23D2. The summed E-state index contributed by atoms with van der Waals surface area (Å²) in [6.07, 6.45) is 0.0220. The summed E-state index contributed by atoms with van der Waals surface area (Å²) in [5.74, 6) is 0. The molecule has 0 fully saturated rings. The average Bonchev–Trinajstić information content (AvgIpc) is 3.34. The van der Waals surface area contributed by atoms with Crippen molar-refractivity contribution in [1.29, 1.82) is 0 Å². The second kappa shape index (κ2) is 9.54. The average molecular weight is 517 g/mol. The van der Waals surface area contributed by atoms with Crippen molar-refractivity contribution in [2.75, 3.05) is 0 Å². The molecule has 0 aliphatic carbocycles. The van der Waals surface area contributed by atoms with Crippen molar-refractivity contribution in [1.82, 2.24) is 0 Å². The molecule has 0 saturated carbocycles. The number of aryl methyl sites for hydroxylation is 3. The maximum Gasteiger partial charge on any atom is 0.216 e. The largest absolute Gasteiger partial charge is 0.455 e. The SMILES string of the molecule is [2H]c1cc(C([2H])([2H])C(C)(C)C)cc(C([2H])([2H])[2H])c1-c1cc[n+](C)c(-c2c(C)ccc3c2oc2cc(-c4ccccc4)ccc23)c1. The smallest absolute Gasteiger partial charge is 0.216 e. The van der Waals surface area contributed by atoms with Crippen molar-refractivity contribution in [3.05, 3.63) is 114 Å². The monoisotopic (exact) mass is 516 g/mol. The third-order valence-electron chi connectivity index (χ3n) is 7.11. The maximum absolute atomic E-state index is 8.98. The minimum Gasteiger partial charge on any atom is -0.455 e. The van der Waals surface area contributed by atoms with Gasteiger partial charge >= 0.3 is 0 Å². The molecular formula is C37H36NO+. The number of nitrogens with zero attached hydrogens (tertiary/aromatic N) is 1. The van der Waals surface area contributed by atoms with Gasteiger partial charge in [0.2, 0.25) is 5.69 Å². The van der Waals surface area contributed by atoms with Crippen molar-refractivity contribution in [3.8, 4) is 33.5 Å². The highest BCUT2D eigenvalue weighted by Crippen LogP contribution is 2.39. The van der Waals surface area contributed by atoms with Crippen LogP contribution in [0.2, 0.25) is 0 Å². The topological polar surface area (TPSA) is 17.0 Å². The molecule has 0 unspecified atom stereocenters. The highest BCUT2D eigenvalue weighted by molar-refractivity contribution is 6.10. The minimum absolute atomic E-state index is 0.0290. The van der Waals surface area contributed by atoms with E-state index in [-0.39, 0.29) is 22.7 Å². The fourth-order valence-corrected chi connectivity index (χ4v) is 5.28. The Balaban J connectivity index is 1.56. The Bertz CT molecular complexity index is 2090. The van der Waals surface area contributed by atoms with Crippen LogP contribution in [0.3, 0.4) is 0 Å². The van der Waals surface area contributed by atoms with Gasteiger partial charge in [0.25, 0.3) is 0 Å². The van der Waals surface area contributed by atoms with E-state index in [1.807, 2.05) is 55.1 Å².